The van der Waals surface area contributed by atoms with Gasteiger partial charge in [0.2, 0.25) is 0 Å². The van der Waals surface area contributed by atoms with Crippen molar-refractivity contribution in [3.8, 4) is 0 Å². The van der Waals surface area contributed by atoms with E-state index in [1.807, 2.05) is 0 Å². The van der Waals surface area contributed by atoms with Crippen molar-refractivity contribution in [2.45, 2.75) is 39.2 Å². The SMILES string of the molecule is CCCc1nsc(CC(C)O)n1. The number of aliphatic hydroxyl groups excluding tert-OH is 1. The molecule has 0 saturated carbocycles. The molecule has 0 amide bonds. The second-order valence-electron chi connectivity index (χ2n) is 2.91. The Morgan fingerprint density at radius 3 is 2.92 bits per heavy atom. The minimum atomic E-state index is -0.313. The van der Waals surface area contributed by atoms with Gasteiger partial charge in [-0.15, -0.1) is 0 Å². The minimum absolute atomic E-state index is 0.313. The summed E-state index contributed by atoms with van der Waals surface area (Å²) in [7, 11) is 0. The van der Waals surface area contributed by atoms with Crippen LogP contribution in [0.15, 0.2) is 0 Å². The zero-order valence-corrected chi connectivity index (χ0v) is 8.27. The molecule has 0 aromatic carbocycles. The molecule has 0 spiro atoms. The molecule has 1 N–H and O–H groups in total. The molecule has 0 aliphatic heterocycles. The van der Waals surface area contributed by atoms with E-state index in [1.54, 1.807) is 6.92 Å². The summed E-state index contributed by atoms with van der Waals surface area (Å²) < 4.78 is 4.18. The molecule has 1 rings (SSSR count). The first kappa shape index (κ1) is 9.61. The Hall–Kier alpha value is -0.480. The predicted molar refractivity (Wildman–Crippen MR) is 49.3 cm³/mol. The van der Waals surface area contributed by atoms with Gasteiger partial charge in [-0.3, -0.25) is 0 Å². The first-order chi connectivity index (χ1) is 5.72. The lowest BCUT2D eigenvalue weighted by molar-refractivity contribution is 0.195. The predicted octanol–water partition coefficient (Wildman–Crippen LogP) is 1.41. The molecule has 1 unspecified atom stereocenters. The molecule has 0 saturated heterocycles. The Bertz CT molecular complexity index is 235. The average molecular weight is 186 g/mol. The van der Waals surface area contributed by atoms with Crippen LogP contribution < -0.4 is 0 Å². The Labute approximate surface area is 76.6 Å². The number of hydrogen-bond acceptors (Lipinski definition) is 4. The third-order valence-corrected chi connectivity index (χ3v) is 2.22. The summed E-state index contributed by atoms with van der Waals surface area (Å²) >= 11 is 1.40. The molecule has 4 heteroatoms. The lowest BCUT2D eigenvalue weighted by atomic mass is 10.3. The quantitative estimate of drug-likeness (QED) is 0.773. The van der Waals surface area contributed by atoms with Crippen molar-refractivity contribution in [1.82, 2.24) is 9.36 Å². The Balaban J connectivity index is 2.52. The van der Waals surface area contributed by atoms with Crippen LogP contribution in [0.25, 0.3) is 0 Å². The summed E-state index contributed by atoms with van der Waals surface area (Å²) in [4.78, 5) is 4.29. The first-order valence-corrected chi connectivity index (χ1v) is 4.99. The van der Waals surface area contributed by atoms with Crippen molar-refractivity contribution in [1.29, 1.82) is 0 Å². The molecule has 0 fully saturated rings. The van der Waals surface area contributed by atoms with Crippen LogP contribution in [0.2, 0.25) is 0 Å². The minimum Gasteiger partial charge on any atom is -0.393 e. The zero-order valence-electron chi connectivity index (χ0n) is 7.45. The maximum Gasteiger partial charge on any atom is 0.142 e. The van der Waals surface area contributed by atoms with E-state index < -0.39 is 0 Å². The highest BCUT2D eigenvalue weighted by Gasteiger charge is 2.05. The third kappa shape index (κ3) is 2.87. The zero-order chi connectivity index (χ0) is 8.97. The van der Waals surface area contributed by atoms with E-state index in [-0.39, 0.29) is 6.10 Å². The molecule has 68 valence electrons. The molecule has 0 bridgehead atoms. The standard InChI is InChI=1S/C8H14N2OS/c1-3-4-7-9-8(12-10-7)5-6(2)11/h6,11H,3-5H2,1-2H3. The van der Waals surface area contributed by atoms with Gasteiger partial charge in [-0.05, 0) is 24.9 Å². The maximum absolute atomic E-state index is 9.08. The smallest absolute Gasteiger partial charge is 0.142 e. The Kier molecular flexibility index (Phi) is 3.62. The van der Waals surface area contributed by atoms with Crippen LogP contribution in [0.4, 0.5) is 0 Å². The highest BCUT2D eigenvalue weighted by molar-refractivity contribution is 7.05. The molecule has 1 atom stereocenters. The van der Waals surface area contributed by atoms with Crippen LogP contribution >= 0.6 is 11.5 Å². The second kappa shape index (κ2) is 4.52. The van der Waals surface area contributed by atoms with Crippen LogP contribution in [-0.4, -0.2) is 20.6 Å². The van der Waals surface area contributed by atoms with E-state index in [1.165, 1.54) is 11.5 Å². The number of aryl methyl sites for hydroxylation is 1. The van der Waals surface area contributed by atoms with Gasteiger partial charge in [0.1, 0.15) is 10.8 Å². The Morgan fingerprint density at radius 2 is 2.33 bits per heavy atom. The van der Waals surface area contributed by atoms with Gasteiger partial charge in [-0.1, -0.05) is 6.92 Å². The van der Waals surface area contributed by atoms with Crippen molar-refractivity contribution in [3.63, 3.8) is 0 Å². The van der Waals surface area contributed by atoms with E-state index >= 15 is 0 Å². The van der Waals surface area contributed by atoms with Gasteiger partial charge < -0.3 is 5.11 Å². The summed E-state index contributed by atoms with van der Waals surface area (Å²) in [5.41, 5.74) is 0. The number of rotatable bonds is 4. The van der Waals surface area contributed by atoms with Gasteiger partial charge in [0, 0.05) is 12.8 Å². The normalized spacial score (nSPS) is 13.2. The molecule has 0 aliphatic carbocycles. The topological polar surface area (TPSA) is 46.0 Å². The molecule has 1 aromatic heterocycles. The largest absolute Gasteiger partial charge is 0.393 e. The lowest BCUT2D eigenvalue weighted by Crippen LogP contribution is -2.03. The van der Waals surface area contributed by atoms with E-state index in [2.05, 4.69) is 16.3 Å². The van der Waals surface area contributed by atoms with Gasteiger partial charge in [0.15, 0.2) is 0 Å². The molecule has 3 nitrogen and oxygen atoms in total. The van der Waals surface area contributed by atoms with Crippen molar-refractivity contribution in [2.75, 3.05) is 0 Å². The number of hydrogen-bond donors (Lipinski definition) is 1. The lowest BCUT2D eigenvalue weighted by Gasteiger charge is -1.96. The maximum atomic E-state index is 9.08. The molecule has 0 aliphatic rings. The van der Waals surface area contributed by atoms with Crippen LogP contribution in [0.1, 0.15) is 31.1 Å². The summed E-state index contributed by atoms with van der Waals surface area (Å²) in [5.74, 6) is 0.915. The van der Waals surface area contributed by atoms with Crippen LogP contribution in [-0.2, 0) is 12.8 Å². The summed E-state index contributed by atoms with van der Waals surface area (Å²) in [6.07, 6.45) is 2.33. The van der Waals surface area contributed by atoms with Crippen molar-refractivity contribution in [3.05, 3.63) is 10.8 Å². The van der Waals surface area contributed by atoms with Gasteiger partial charge in [0.25, 0.3) is 0 Å². The van der Waals surface area contributed by atoms with Gasteiger partial charge in [-0.2, -0.15) is 4.37 Å². The molecule has 12 heavy (non-hydrogen) atoms. The molecule has 1 aromatic rings. The van der Waals surface area contributed by atoms with Crippen LogP contribution in [0.5, 0.6) is 0 Å². The van der Waals surface area contributed by atoms with Crippen molar-refractivity contribution in [2.24, 2.45) is 0 Å². The third-order valence-electron chi connectivity index (χ3n) is 1.45. The first-order valence-electron chi connectivity index (χ1n) is 4.22. The monoisotopic (exact) mass is 186 g/mol. The van der Waals surface area contributed by atoms with Crippen LogP contribution in [0.3, 0.4) is 0 Å². The number of aromatic nitrogens is 2. The van der Waals surface area contributed by atoms with Gasteiger partial charge in [-0.25, -0.2) is 4.98 Å². The summed E-state index contributed by atoms with van der Waals surface area (Å²) in [6, 6.07) is 0. The van der Waals surface area contributed by atoms with Gasteiger partial charge in [0.05, 0.1) is 6.10 Å². The molecule has 0 radical (unpaired) electrons. The fourth-order valence-electron chi connectivity index (χ4n) is 0.951. The average Bonchev–Trinajstić information content (AvgIpc) is 2.36. The van der Waals surface area contributed by atoms with Crippen LogP contribution in [0, 0.1) is 0 Å². The second-order valence-corrected chi connectivity index (χ2v) is 3.74. The fraction of sp³-hybridized carbons (Fsp3) is 0.750. The molecular formula is C8H14N2OS. The molecular weight excluding hydrogens is 172 g/mol. The Morgan fingerprint density at radius 1 is 1.58 bits per heavy atom. The van der Waals surface area contributed by atoms with E-state index in [9.17, 15) is 0 Å². The van der Waals surface area contributed by atoms with E-state index in [0.717, 1.165) is 23.7 Å². The highest BCUT2D eigenvalue weighted by atomic mass is 32.1. The number of nitrogens with zero attached hydrogens (tertiary/aromatic N) is 2. The highest BCUT2D eigenvalue weighted by Crippen LogP contribution is 2.08. The van der Waals surface area contributed by atoms with Gasteiger partial charge >= 0.3 is 0 Å². The fourth-order valence-corrected chi connectivity index (χ4v) is 1.76. The van der Waals surface area contributed by atoms with E-state index in [0.29, 0.717) is 6.42 Å². The van der Waals surface area contributed by atoms with E-state index in [4.69, 9.17) is 5.11 Å². The summed E-state index contributed by atoms with van der Waals surface area (Å²) in [6.45, 7) is 3.87. The van der Waals surface area contributed by atoms with Crippen molar-refractivity contribution < 1.29 is 5.11 Å². The number of aliphatic hydroxyl groups is 1. The van der Waals surface area contributed by atoms with Crippen molar-refractivity contribution >= 4 is 11.5 Å². The summed E-state index contributed by atoms with van der Waals surface area (Å²) in [5, 5.41) is 10.0. The molecule has 1 heterocycles.